The third-order valence-corrected chi connectivity index (χ3v) is 4.11. The minimum absolute atomic E-state index is 0.320. The summed E-state index contributed by atoms with van der Waals surface area (Å²) in [6, 6.07) is 10.3. The lowest BCUT2D eigenvalue weighted by atomic mass is 10.1. The van der Waals surface area contributed by atoms with E-state index in [0.29, 0.717) is 5.41 Å². The van der Waals surface area contributed by atoms with Crippen LogP contribution in [-0.4, -0.2) is 17.4 Å². The SMILES string of the molecule is ClCC1(CNc2nccc3ccccc23)CC1. The van der Waals surface area contributed by atoms with Crippen LogP contribution < -0.4 is 5.32 Å². The summed E-state index contributed by atoms with van der Waals surface area (Å²) in [5.74, 6) is 1.71. The predicted octanol–water partition coefficient (Wildman–Crippen LogP) is 3.67. The van der Waals surface area contributed by atoms with Crippen molar-refractivity contribution in [1.82, 2.24) is 4.98 Å². The van der Waals surface area contributed by atoms with Crippen molar-refractivity contribution in [1.29, 1.82) is 0 Å². The van der Waals surface area contributed by atoms with Crippen molar-refractivity contribution in [2.45, 2.75) is 12.8 Å². The van der Waals surface area contributed by atoms with Crippen LogP contribution in [0.5, 0.6) is 0 Å². The highest BCUT2D eigenvalue weighted by Crippen LogP contribution is 2.46. The van der Waals surface area contributed by atoms with E-state index in [9.17, 15) is 0 Å². The number of fused-ring (bicyclic) bond motifs is 1. The molecule has 1 aliphatic rings. The number of aromatic nitrogens is 1. The van der Waals surface area contributed by atoms with Gasteiger partial charge in [-0.15, -0.1) is 11.6 Å². The molecular formula is C14H15ClN2. The number of hydrogen-bond acceptors (Lipinski definition) is 2. The van der Waals surface area contributed by atoms with Crippen LogP contribution in [0.15, 0.2) is 36.5 Å². The number of halogens is 1. The molecule has 1 aromatic carbocycles. The highest BCUT2D eigenvalue weighted by Gasteiger charge is 2.41. The van der Waals surface area contributed by atoms with E-state index < -0.39 is 0 Å². The van der Waals surface area contributed by atoms with Gasteiger partial charge in [0.15, 0.2) is 0 Å². The van der Waals surface area contributed by atoms with Crippen molar-refractivity contribution in [3.8, 4) is 0 Å². The Labute approximate surface area is 106 Å². The molecule has 1 N–H and O–H groups in total. The quantitative estimate of drug-likeness (QED) is 0.833. The van der Waals surface area contributed by atoms with Crippen LogP contribution in [0.1, 0.15) is 12.8 Å². The molecule has 0 unspecified atom stereocenters. The Morgan fingerprint density at radius 1 is 1.24 bits per heavy atom. The summed E-state index contributed by atoms with van der Waals surface area (Å²) in [6.45, 7) is 0.928. The highest BCUT2D eigenvalue weighted by atomic mass is 35.5. The number of nitrogens with one attached hydrogen (secondary N) is 1. The standard InChI is InChI=1S/C14H15ClN2/c15-9-14(6-7-14)10-17-13-12-4-2-1-3-11(12)5-8-16-13/h1-5,8H,6-7,9-10H2,(H,16,17). The van der Waals surface area contributed by atoms with E-state index in [2.05, 4.69) is 22.4 Å². The molecule has 2 aromatic rings. The van der Waals surface area contributed by atoms with Crippen LogP contribution >= 0.6 is 11.6 Å². The molecule has 17 heavy (non-hydrogen) atoms. The maximum atomic E-state index is 5.98. The molecule has 0 saturated heterocycles. The number of rotatable bonds is 4. The molecule has 3 heteroatoms. The van der Waals surface area contributed by atoms with Gasteiger partial charge in [0.1, 0.15) is 5.82 Å². The summed E-state index contributed by atoms with van der Waals surface area (Å²) < 4.78 is 0. The highest BCUT2D eigenvalue weighted by molar-refractivity contribution is 6.18. The molecule has 0 aliphatic heterocycles. The zero-order valence-electron chi connectivity index (χ0n) is 9.62. The summed E-state index contributed by atoms with van der Waals surface area (Å²) in [5, 5.41) is 5.85. The molecule has 1 fully saturated rings. The van der Waals surface area contributed by atoms with Crippen LogP contribution in [0.25, 0.3) is 10.8 Å². The van der Waals surface area contributed by atoms with Crippen molar-refractivity contribution in [2.75, 3.05) is 17.7 Å². The molecule has 1 saturated carbocycles. The summed E-state index contributed by atoms with van der Waals surface area (Å²) >= 11 is 5.98. The first-order valence-electron chi connectivity index (χ1n) is 5.97. The number of pyridine rings is 1. The van der Waals surface area contributed by atoms with Gasteiger partial charge in [0, 0.05) is 29.4 Å². The molecule has 0 spiro atoms. The van der Waals surface area contributed by atoms with Crippen LogP contribution in [-0.2, 0) is 0 Å². The van der Waals surface area contributed by atoms with E-state index in [0.717, 1.165) is 18.2 Å². The van der Waals surface area contributed by atoms with Crippen molar-refractivity contribution < 1.29 is 0 Å². The zero-order chi connectivity index (χ0) is 11.7. The average molecular weight is 247 g/mol. The average Bonchev–Trinajstić information content (AvgIpc) is 3.17. The molecule has 88 valence electrons. The molecule has 1 aromatic heterocycles. The number of hydrogen-bond donors (Lipinski definition) is 1. The maximum Gasteiger partial charge on any atom is 0.133 e. The van der Waals surface area contributed by atoms with Gasteiger partial charge < -0.3 is 5.32 Å². The second-order valence-electron chi connectivity index (χ2n) is 4.87. The molecule has 0 atom stereocenters. The monoisotopic (exact) mass is 246 g/mol. The molecule has 2 nitrogen and oxygen atoms in total. The Bertz CT molecular complexity index is 529. The van der Waals surface area contributed by atoms with Gasteiger partial charge in [-0.1, -0.05) is 24.3 Å². The van der Waals surface area contributed by atoms with Gasteiger partial charge >= 0.3 is 0 Å². The summed E-state index contributed by atoms with van der Waals surface area (Å²) in [5.41, 5.74) is 0.320. The number of nitrogens with zero attached hydrogens (tertiary/aromatic N) is 1. The smallest absolute Gasteiger partial charge is 0.133 e. The van der Waals surface area contributed by atoms with E-state index in [1.165, 1.54) is 23.6 Å². The second-order valence-corrected chi connectivity index (χ2v) is 5.14. The van der Waals surface area contributed by atoms with Crippen molar-refractivity contribution in [2.24, 2.45) is 5.41 Å². The van der Waals surface area contributed by atoms with Crippen LogP contribution in [0.4, 0.5) is 5.82 Å². The first-order valence-corrected chi connectivity index (χ1v) is 6.50. The fraction of sp³-hybridized carbons (Fsp3) is 0.357. The Balaban J connectivity index is 1.85. The third-order valence-electron chi connectivity index (χ3n) is 3.55. The first kappa shape index (κ1) is 10.8. The van der Waals surface area contributed by atoms with Crippen LogP contribution in [0.3, 0.4) is 0 Å². The Kier molecular flexibility index (Phi) is 2.67. The lowest BCUT2D eigenvalue weighted by molar-refractivity contribution is 0.618. The molecular weight excluding hydrogens is 232 g/mol. The molecule has 3 rings (SSSR count). The summed E-state index contributed by atoms with van der Waals surface area (Å²) in [7, 11) is 0. The van der Waals surface area contributed by atoms with E-state index in [4.69, 9.17) is 11.6 Å². The molecule has 0 radical (unpaired) electrons. The maximum absolute atomic E-state index is 5.98. The Hall–Kier alpha value is -1.28. The minimum atomic E-state index is 0.320. The molecule has 1 heterocycles. The van der Waals surface area contributed by atoms with Gasteiger partial charge in [-0.2, -0.15) is 0 Å². The number of anilines is 1. The van der Waals surface area contributed by atoms with Crippen molar-refractivity contribution in [3.05, 3.63) is 36.5 Å². The lowest BCUT2D eigenvalue weighted by Gasteiger charge is -2.14. The molecule has 0 amide bonds. The van der Waals surface area contributed by atoms with E-state index >= 15 is 0 Å². The third kappa shape index (κ3) is 2.09. The molecule has 1 aliphatic carbocycles. The van der Waals surface area contributed by atoms with E-state index in [1.54, 1.807) is 0 Å². The van der Waals surface area contributed by atoms with Crippen LogP contribution in [0, 0.1) is 5.41 Å². The fourth-order valence-corrected chi connectivity index (χ4v) is 2.43. The van der Waals surface area contributed by atoms with Gasteiger partial charge in [0.25, 0.3) is 0 Å². The summed E-state index contributed by atoms with van der Waals surface area (Å²) in [6.07, 6.45) is 4.31. The van der Waals surface area contributed by atoms with Gasteiger partial charge in [-0.3, -0.25) is 0 Å². The van der Waals surface area contributed by atoms with Gasteiger partial charge in [0.05, 0.1) is 0 Å². The first-order chi connectivity index (χ1) is 8.33. The fourth-order valence-electron chi connectivity index (χ4n) is 2.07. The normalized spacial score (nSPS) is 17.0. The van der Waals surface area contributed by atoms with Crippen LogP contribution in [0.2, 0.25) is 0 Å². The van der Waals surface area contributed by atoms with Gasteiger partial charge in [-0.25, -0.2) is 4.98 Å². The van der Waals surface area contributed by atoms with Crippen molar-refractivity contribution >= 4 is 28.2 Å². The van der Waals surface area contributed by atoms with Gasteiger partial charge in [-0.05, 0) is 24.3 Å². The largest absolute Gasteiger partial charge is 0.369 e. The zero-order valence-corrected chi connectivity index (χ0v) is 10.4. The Morgan fingerprint density at radius 2 is 2.06 bits per heavy atom. The topological polar surface area (TPSA) is 24.9 Å². The van der Waals surface area contributed by atoms with Gasteiger partial charge in [0.2, 0.25) is 0 Å². The second kappa shape index (κ2) is 4.19. The minimum Gasteiger partial charge on any atom is -0.369 e. The van der Waals surface area contributed by atoms with Crippen molar-refractivity contribution in [3.63, 3.8) is 0 Å². The predicted molar refractivity (Wildman–Crippen MR) is 72.6 cm³/mol. The number of alkyl halides is 1. The molecule has 0 bridgehead atoms. The Morgan fingerprint density at radius 3 is 2.82 bits per heavy atom. The number of benzene rings is 1. The lowest BCUT2D eigenvalue weighted by Crippen LogP contribution is -2.17. The summed E-state index contributed by atoms with van der Waals surface area (Å²) in [4.78, 5) is 4.42. The van der Waals surface area contributed by atoms with E-state index in [1.807, 2.05) is 24.4 Å². The van der Waals surface area contributed by atoms with E-state index in [-0.39, 0.29) is 0 Å².